The molecule has 0 aliphatic rings. The molecular formula is C17H23FINO. The molecule has 1 N–H and O–H groups in total. The van der Waals surface area contributed by atoms with Crippen LogP contribution in [0.5, 0.6) is 0 Å². The molecular weight excluding hydrogens is 380 g/mol. The van der Waals surface area contributed by atoms with Crippen molar-refractivity contribution in [2.24, 2.45) is 0 Å². The second kappa shape index (κ2) is 9.12. The molecule has 0 heterocycles. The molecule has 1 aromatic rings. The summed E-state index contributed by atoms with van der Waals surface area (Å²) in [5.74, 6) is -0.220. The summed E-state index contributed by atoms with van der Waals surface area (Å²) >= 11 is -1.56. The molecule has 0 aliphatic heterocycles. The van der Waals surface area contributed by atoms with Crippen molar-refractivity contribution in [1.29, 1.82) is 0 Å². The molecule has 21 heavy (non-hydrogen) atoms. The first-order valence-corrected chi connectivity index (χ1v) is 10.8. The average molecular weight is 403 g/mol. The molecule has 4 heteroatoms. The molecule has 0 amide bonds. The number of allylic oxidation sites excluding steroid dienone is 5. The van der Waals surface area contributed by atoms with Gasteiger partial charge in [0.15, 0.2) is 0 Å². The molecule has 0 unspecified atom stereocenters. The van der Waals surface area contributed by atoms with Gasteiger partial charge in [-0.15, -0.1) is 0 Å². The number of rotatable bonds is 7. The molecule has 0 atom stereocenters. The van der Waals surface area contributed by atoms with E-state index in [1.807, 2.05) is 50.1 Å². The zero-order chi connectivity index (χ0) is 15.8. The van der Waals surface area contributed by atoms with E-state index in [9.17, 15) is 4.39 Å². The van der Waals surface area contributed by atoms with E-state index in [-0.39, 0.29) is 5.82 Å². The maximum absolute atomic E-state index is 14.2. The Balaban J connectivity index is 3.04. The topological polar surface area (TPSA) is 21.3 Å². The van der Waals surface area contributed by atoms with Gasteiger partial charge in [-0.2, -0.15) is 0 Å². The van der Waals surface area contributed by atoms with E-state index >= 15 is 0 Å². The fourth-order valence-electron chi connectivity index (χ4n) is 1.87. The van der Waals surface area contributed by atoms with Crippen LogP contribution in [0.25, 0.3) is 5.57 Å². The monoisotopic (exact) mass is 403 g/mol. The SMILES string of the molecule is C=C/C=C\C(=C/C)c1cc(F)c(COI(C)NC)cc1C. The van der Waals surface area contributed by atoms with Crippen molar-refractivity contribution >= 4 is 26.1 Å². The van der Waals surface area contributed by atoms with Gasteiger partial charge in [-0.25, -0.2) is 0 Å². The van der Waals surface area contributed by atoms with Gasteiger partial charge in [0.25, 0.3) is 0 Å². The molecule has 0 saturated carbocycles. The third-order valence-corrected chi connectivity index (χ3v) is 5.83. The van der Waals surface area contributed by atoms with Crippen LogP contribution < -0.4 is 3.53 Å². The molecule has 0 aliphatic carbocycles. The van der Waals surface area contributed by atoms with Crippen molar-refractivity contribution in [3.63, 3.8) is 0 Å². The Labute approximate surface area is 135 Å². The normalized spacial score (nSPS) is 12.8. The standard InChI is InChI=1S/C17H23FINO/c1-6-8-9-14(7-2)16-11-17(18)15(10-13(16)3)12-21-19(4)20-5/h6-11,20H,1,12H2,2-5H3/b9-8-,14-7+. The summed E-state index contributed by atoms with van der Waals surface area (Å²) in [7, 11) is 1.87. The number of nitrogens with one attached hydrogen (secondary N) is 1. The Hall–Kier alpha value is -0.980. The Morgan fingerprint density at radius 1 is 1.48 bits per heavy atom. The summed E-state index contributed by atoms with van der Waals surface area (Å²) in [6, 6.07) is 3.46. The van der Waals surface area contributed by atoms with Gasteiger partial charge in [-0.1, -0.05) is 0 Å². The molecule has 0 saturated heterocycles. The first kappa shape index (κ1) is 18.1. The van der Waals surface area contributed by atoms with E-state index in [4.69, 9.17) is 3.07 Å². The number of alkyl halides is 1. The number of benzene rings is 1. The van der Waals surface area contributed by atoms with Crippen molar-refractivity contribution in [3.8, 4) is 0 Å². The first-order valence-electron chi connectivity index (χ1n) is 6.69. The van der Waals surface area contributed by atoms with Crippen LogP contribution in [0.2, 0.25) is 0 Å². The first-order chi connectivity index (χ1) is 10.0. The van der Waals surface area contributed by atoms with Gasteiger partial charge >= 0.3 is 135 Å². The predicted molar refractivity (Wildman–Crippen MR) is 97.9 cm³/mol. The quantitative estimate of drug-likeness (QED) is 0.300. The van der Waals surface area contributed by atoms with Crippen LogP contribution >= 0.6 is 20.5 Å². The van der Waals surface area contributed by atoms with Gasteiger partial charge in [-0.05, 0) is 0 Å². The van der Waals surface area contributed by atoms with Gasteiger partial charge in [0.1, 0.15) is 0 Å². The minimum absolute atomic E-state index is 0.220. The van der Waals surface area contributed by atoms with Gasteiger partial charge in [0.05, 0.1) is 0 Å². The van der Waals surface area contributed by atoms with Gasteiger partial charge in [0, 0.05) is 0 Å². The van der Waals surface area contributed by atoms with Crippen LogP contribution in [0, 0.1) is 12.7 Å². The summed E-state index contributed by atoms with van der Waals surface area (Å²) in [6.07, 6.45) is 7.46. The molecule has 116 valence electrons. The zero-order valence-electron chi connectivity index (χ0n) is 13.0. The van der Waals surface area contributed by atoms with E-state index in [0.717, 1.165) is 16.7 Å². The third kappa shape index (κ3) is 5.37. The zero-order valence-corrected chi connectivity index (χ0v) is 15.2. The van der Waals surface area contributed by atoms with Crippen molar-refractivity contribution in [2.75, 3.05) is 12.0 Å². The number of hydrogen-bond donors (Lipinski definition) is 1. The predicted octanol–water partition coefficient (Wildman–Crippen LogP) is 4.98. The van der Waals surface area contributed by atoms with Crippen LogP contribution in [0.3, 0.4) is 0 Å². The average Bonchev–Trinajstić information content (AvgIpc) is 2.48. The van der Waals surface area contributed by atoms with Crippen molar-refractivity contribution in [1.82, 2.24) is 3.53 Å². The van der Waals surface area contributed by atoms with E-state index < -0.39 is 20.5 Å². The Bertz CT molecular complexity index is 552. The second-order valence-electron chi connectivity index (χ2n) is 4.46. The number of aryl methyl sites for hydroxylation is 1. The number of hydrogen-bond acceptors (Lipinski definition) is 2. The maximum atomic E-state index is 14.2. The molecule has 0 radical (unpaired) electrons. The summed E-state index contributed by atoms with van der Waals surface area (Å²) in [5.41, 5.74) is 3.53. The molecule has 2 nitrogen and oxygen atoms in total. The van der Waals surface area contributed by atoms with Crippen LogP contribution in [0.15, 0.2) is 43.0 Å². The van der Waals surface area contributed by atoms with E-state index in [0.29, 0.717) is 12.2 Å². The number of halogens is 2. The van der Waals surface area contributed by atoms with Crippen LogP contribution in [-0.2, 0) is 9.67 Å². The summed E-state index contributed by atoms with van der Waals surface area (Å²) in [5, 5.41) is 0. The van der Waals surface area contributed by atoms with Gasteiger partial charge < -0.3 is 0 Å². The van der Waals surface area contributed by atoms with Crippen LogP contribution in [-0.4, -0.2) is 12.0 Å². The van der Waals surface area contributed by atoms with E-state index in [1.54, 1.807) is 12.1 Å². The minimum atomic E-state index is -1.56. The fraction of sp³-hybridized carbons (Fsp3) is 0.294. The fourth-order valence-corrected chi connectivity index (χ4v) is 2.99. The molecule has 0 aromatic heterocycles. The molecule has 0 bridgehead atoms. The van der Waals surface area contributed by atoms with Crippen molar-refractivity contribution < 1.29 is 7.46 Å². The third-order valence-electron chi connectivity index (χ3n) is 3.07. The Morgan fingerprint density at radius 3 is 2.76 bits per heavy atom. The Kier molecular flexibility index (Phi) is 7.85. The van der Waals surface area contributed by atoms with E-state index in [1.165, 1.54) is 0 Å². The van der Waals surface area contributed by atoms with Crippen molar-refractivity contribution in [2.45, 2.75) is 20.5 Å². The second-order valence-corrected chi connectivity index (χ2v) is 8.56. The Morgan fingerprint density at radius 2 is 2.19 bits per heavy atom. The molecule has 0 fully saturated rings. The molecule has 0 spiro atoms. The molecule has 1 rings (SSSR count). The summed E-state index contributed by atoms with van der Waals surface area (Å²) in [6.45, 7) is 7.91. The van der Waals surface area contributed by atoms with Crippen LogP contribution in [0.4, 0.5) is 4.39 Å². The van der Waals surface area contributed by atoms with Crippen molar-refractivity contribution in [3.05, 3.63) is 65.5 Å². The summed E-state index contributed by atoms with van der Waals surface area (Å²) < 4.78 is 23.0. The molecule has 1 aromatic carbocycles. The summed E-state index contributed by atoms with van der Waals surface area (Å²) in [4.78, 5) is 2.04. The van der Waals surface area contributed by atoms with Crippen LogP contribution in [0.1, 0.15) is 23.6 Å². The van der Waals surface area contributed by atoms with Gasteiger partial charge in [-0.3, -0.25) is 0 Å². The van der Waals surface area contributed by atoms with Gasteiger partial charge in [0.2, 0.25) is 0 Å². The van der Waals surface area contributed by atoms with E-state index in [2.05, 4.69) is 10.1 Å².